The summed E-state index contributed by atoms with van der Waals surface area (Å²) in [6.07, 6.45) is 7.53. The largest absolute Gasteiger partial charge is 0.544 e. The van der Waals surface area contributed by atoms with Crippen LogP contribution in [0.1, 0.15) is 25.0 Å². The molecule has 0 aliphatic carbocycles. The van der Waals surface area contributed by atoms with Gasteiger partial charge in [-0.2, -0.15) is 4.57 Å². The van der Waals surface area contributed by atoms with Crippen LogP contribution in [0.4, 0.5) is 5.69 Å². The monoisotopic (exact) mass is 310 g/mol. The fraction of sp³-hybridized carbons (Fsp3) is 0.263. The first-order valence-corrected chi connectivity index (χ1v) is 7.84. The fourth-order valence-corrected chi connectivity index (χ4v) is 2.41. The SMILES string of the molecule is CCN(CC)c1ccc(/C=C/c2cc[n+](CC(=O)[O-])cc2)cc1. The van der Waals surface area contributed by atoms with Gasteiger partial charge in [0.05, 0.1) is 0 Å². The standard InChI is InChI=1S/C19H22N2O2/c1-3-21(4-2)18-9-7-16(8-10-18)5-6-17-11-13-20(14-12-17)15-19(22)23/h5-14H,3-4,15H2,1-2H3. The van der Waals surface area contributed by atoms with Gasteiger partial charge >= 0.3 is 0 Å². The Morgan fingerprint density at radius 3 is 2.00 bits per heavy atom. The molecule has 0 aliphatic rings. The molecule has 1 heterocycles. The summed E-state index contributed by atoms with van der Waals surface area (Å²) in [6, 6.07) is 12.2. The van der Waals surface area contributed by atoms with Crippen LogP contribution in [0.15, 0.2) is 48.8 Å². The fourth-order valence-electron chi connectivity index (χ4n) is 2.41. The van der Waals surface area contributed by atoms with E-state index in [1.54, 1.807) is 17.0 Å². The van der Waals surface area contributed by atoms with Crippen LogP contribution in [0.25, 0.3) is 12.2 Å². The molecule has 0 aliphatic heterocycles. The van der Waals surface area contributed by atoms with Crippen molar-refractivity contribution < 1.29 is 14.5 Å². The Morgan fingerprint density at radius 2 is 1.52 bits per heavy atom. The van der Waals surface area contributed by atoms with Gasteiger partial charge in [-0.3, -0.25) is 0 Å². The Morgan fingerprint density at radius 1 is 1.00 bits per heavy atom. The van der Waals surface area contributed by atoms with Gasteiger partial charge in [0.2, 0.25) is 0 Å². The third-order valence-corrected chi connectivity index (χ3v) is 3.72. The predicted molar refractivity (Wildman–Crippen MR) is 90.6 cm³/mol. The lowest BCUT2D eigenvalue weighted by Crippen LogP contribution is -2.43. The molecule has 4 heteroatoms. The van der Waals surface area contributed by atoms with Crippen LogP contribution in [0.2, 0.25) is 0 Å². The number of aliphatic carboxylic acids is 1. The van der Waals surface area contributed by atoms with Crippen LogP contribution in [0.5, 0.6) is 0 Å². The molecule has 0 radical (unpaired) electrons. The molecule has 2 aromatic rings. The van der Waals surface area contributed by atoms with Crippen molar-refractivity contribution in [3.8, 4) is 0 Å². The number of hydrogen-bond acceptors (Lipinski definition) is 3. The normalized spacial score (nSPS) is 10.9. The number of carbonyl (C=O) groups is 1. The van der Waals surface area contributed by atoms with E-state index in [1.165, 1.54) is 5.69 Å². The van der Waals surface area contributed by atoms with Gasteiger partial charge in [0.1, 0.15) is 5.97 Å². The van der Waals surface area contributed by atoms with Crippen molar-refractivity contribution in [1.29, 1.82) is 0 Å². The number of pyridine rings is 1. The molecule has 120 valence electrons. The van der Waals surface area contributed by atoms with E-state index in [0.29, 0.717) is 0 Å². The molecule has 1 aromatic heterocycles. The van der Waals surface area contributed by atoms with Gasteiger partial charge < -0.3 is 14.8 Å². The van der Waals surface area contributed by atoms with Crippen LogP contribution in [0.3, 0.4) is 0 Å². The summed E-state index contributed by atoms with van der Waals surface area (Å²) in [4.78, 5) is 12.8. The maximum atomic E-state index is 10.5. The maximum Gasteiger partial charge on any atom is 0.187 e. The Labute approximate surface area is 137 Å². The minimum atomic E-state index is -1.09. The Hall–Kier alpha value is -2.62. The summed E-state index contributed by atoms with van der Waals surface area (Å²) in [5.74, 6) is -1.09. The van der Waals surface area contributed by atoms with Crippen LogP contribution in [0, 0.1) is 0 Å². The molecular weight excluding hydrogens is 288 g/mol. The van der Waals surface area contributed by atoms with Crippen LogP contribution in [-0.4, -0.2) is 19.1 Å². The second-order valence-electron chi connectivity index (χ2n) is 5.27. The molecule has 0 saturated carbocycles. The molecule has 0 spiro atoms. The first-order chi connectivity index (χ1) is 11.1. The second-order valence-corrected chi connectivity index (χ2v) is 5.27. The molecule has 0 amide bonds. The third kappa shape index (κ3) is 4.95. The average molecular weight is 310 g/mol. The number of hydrogen-bond donors (Lipinski definition) is 0. The maximum absolute atomic E-state index is 10.5. The molecule has 2 rings (SSSR count). The smallest absolute Gasteiger partial charge is 0.187 e. The van der Waals surface area contributed by atoms with E-state index in [9.17, 15) is 9.90 Å². The zero-order valence-corrected chi connectivity index (χ0v) is 13.6. The van der Waals surface area contributed by atoms with Crippen LogP contribution < -0.4 is 14.6 Å². The quantitative estimate of drug-likeness (QED) is 0.732. The number of nitrogens with zero attached hydrogens (tertiary/aromatic N) is 2. The molecule has 0 fully saturated rings. The van der Waals surface area contributed by atoms with Crippen molar-refractivity contribution >= 4 is 23.8 Å². The molecule has 23 heavy (non-hydrogen) atoms. The number of anilines is 1. The van der Waals surface area contributed by atoms with E-state index in [2.05, 4.69) is 43.0 Å². The van der Waals surface area contributed by atoms with Gasteiger partial charge in [-0.05, 0) is 37.1 Å². The molecule has 0 bridgehead atoms. The van der Waals surface area contributed by atoms with Crippen LogP contribution >= 0.6 is 0 Å². The number of carboxylic acid groups (broad SMARTS) is 1. The van der Waals surface area contributed by atoms with Gasteiger partial charge in [0, 0.05) is 30.9 Å². The van der Waals surface area contributed by atoms with Crippen molar-refractivity contribution in [3.63, 3.8) is 0 Å². The van der Waals surface area contributed by atoms with E-state index >= 15 is 0 Å². The van der Waals surface area contributed by atoms with E-state index in [-0.39, 0.29) is 6.54 Å². The van der Waals surface area contributed by atoms with Crippen molar-refractivity contribution in [2.45, 2.75) is 20.4 Å². The predicted octanol–water partition coefficient (Wildman–Crippen LogP) is 1.74. The minimum absolute atomic E-state index is 0.128. The highest BCUT2D eigenvalue weighted by molar-refractivity contribution is 5.70. The number of carbonyl (C=O) groups excluding carboxylic acids is 1. The number of carboxylic acids is 1. The Kier molecular flexibility index (Phi) is 5.92. The zero-order chi connectivity index (χ0) is 16.7. The van der Waals surface area contributed by atoms with Crippen molar-refractivity contribution in [2.24, 2.45) is 0 Å². The van der Waals surface area contributed by atoms with Gasteiger partial charge in [0.15, 0.2) is 18.9 Å². The lowest BCUT2D eigenvalue weighted by Gasteiger charge is -2.20. The first-order valence-electron chi connectivity index (χ1n) is 7.84. The second kappa shape index (κ2) is 8.13. The molecule has 1 aromatic carbocycles. The average Bonchev–Trinajstić information content (AvgIpc) is 2.56. The highest BCUT2D eigenvalue weighted by Crippen LogP contribution is 2.16. The van der Waals surface area contributed by atoms with Gasteiger partial charge in [-0.25, -0.2) is 0 Å². The molecule has 4 nitrogen and oxygen atoms in total. The van der Waals surface area contributed by atoms with Crippen LogP contribution in [-0.2, 0) is 11.3 Å². The summed E-state index contributed by atoms with van der Waals surface area (Å²) in [7, 11) is 0. The van der Waals surface area contributed by atoms with Gasteiger partial charge in [0.25, 0.3) is 0 Å². The molecule has 0 unspecified atom stereocenters. The minimum Gasteiger partial charge on any atom is -0.544 e. The van der Waals surface area contributed by atoms with E-state index in [1.807, 2.05) is 24.3 Å². The lowest BCUT2D eigenvalue weighted by atomic mass is 10.1. The summed E-state index contributed by atoms with van der Waals surface area (Å²) in [6.45, 7) is 6.18. The van der Waals surface area contributed by atoms with Crippen molar-refractivity contribution in [1.82, 2.24) is 0 Å². The highest BCUT2D eigenvalue weighted by atomic mass is 16.4. The Balaban J connectivity index is 2.03. The Bertz CT molecular complexity index is 657. The summed E-state index contributed by atoms with van der Waals surface area (Å²) >= 11 is 0. The molecule has 0 N–H and O–H groups in total. The highest BCUT2D eigenvalue weighted by Gasteiger charge is 2.01. The van der Waals surface area contributed by atoms with Crippen molar-refractivity contribution in [2.75, 3.05) is 18.0 Å². The van der Waals surface area contributed by atoms with E-state index in [0.717, 1.165) is 24.2 Å². The zero-order valence-electron chi connectivity index (χ0n) is 13.6. The van der Waals surface area contributed by atoms with E-state index < -0.39 is 5.97 Å². The number of benzene rings is 1. The molecule has 0 atom stereocenters. The topological polar surface area (TPSA) is 47.2 Å². The summed E-state index contributed by atoms with van der Waals surface area (Å²) < 4.78 is 1.57. The third-order valence-electron chi connectivity index (χ3n) is 3.72. The molecule has 0 saturated heterocycles. The number of rotatable bonds is 7. The first kappa shape index (κ1) is 16.7. The lowest BCUT2D eigenvalue weighted by molar-refractivity contribution is -0.690. The van der Waals surface area contributed by atoms with E-state index in [4.69, 9.17) is 0 Å². The molecular formula is C19H22N2O2. The number of aromatic nitrogens is 1. The van der Waals surface area contributed by atoms with Crippen molar-refractivity contribution in [3.05, 3.63) is 59.9 Å². The van der Waals surface area contributed by atoms with Gasteiger partial charge in [-0.1, -0.05) is 24.3 Å². The summed E-state index contributed by atoms with van der Waals surface area (Å²) in [5, 5.41) is 10.5. The summed E-state index contributed by atoms with van der Waals surface area (Å²) in [5.41, 5.74) is 3.38. The van der Waals surface area contributed by atoms with Gasteiger partial charge in [-0.15, -0.1) is 0 Å².